The maximum Gasteiger partial charge on any atom is 0.228 e. The van der Waals surface area contributed by atoms with Gasteiger partial charge in [-0.1, -0.05) is 12.8 Å². The summed E-state index contributed by atoms with van der Waals surface area (Å²) in [5.74, 6) is 0.456. The SMILES string of the molecule is Cl.NCCOc1ccc(NC(=O)C2CCCCC2C(=O)N2CCCC2)cc1. The minimum atomic E-state index is -0.231. The molecule has 2 atom stereocenters. The zero-order chi connectivity index (χ0) is 18.4. The average molecular weight is 396 g/mol. The Morgan fingerprint density at radius 1 is 1.04 bits per heavy atom. The standard InChI is InChI=1S/C20H29N3O3.ClH/c21-11-14-26-16-9-7-15(8-10-16)22-19(24)17-5-1-2-6-18(17)20(25)23-12-3-4-13-23;/h7-10,17-18H,1-6,11-14,21H2,(H,22,24);1H. The quantitative estimate of drug-likeness (QED) is 0.775. The van der Waals surface area contributed by atoms with Gasteiger partial charge in [0.2, 0.25) is 11.8 Å². The number of carbonyl (C=O) groups is 2. The van der Waals surface area contributed by atoms with Gasteiger partial charge in [0.15, 0.2) is 0 Å². The highest BCUT2D eigenvalue weighted by atomic mass is 35.5. The van der Waals surface area contributed by atoms with Crippen molar-refractivity contribution in [1.82, 2.24) is 4.90 Å². The van der Waals surface area contributed by atoms with Gasteiger partial charge < -0.3 is 20.7 Å². The number of likely N-dealkylation sites (tertiary alicyclic amines) is 1. The van der Waals surface area contributed by atoms with Crippen LogP contribution >= 0.6 is 12.4 Å². The van der Waals surface area contributed by atoms with Crippen molar-refractivity contribution >= 4 is 29.9 Å². The van der Waals surface area contributed by atoms with Crippen LogP contribution in [0.5, 0.6) is 5.75 Å². The molecule has 27 heavy (non-hydrogen) atoms. The van der Waals surface area contributed by atoms with Crippen molar-refractivity contribution in [3.05, 3.63) is 24.3 Å². The summed E-state index contributed by atoms with van der Waals surface area (Å²) in [7, 11) is 0. The molecule has 2 unspecified atom stereocenters. The number of carbonyl (C=O) groups excluding carboxylic acids is 2. The van der Waals surface area contributed by atoms with E-state index in [4.69, 9.17) is 10.5 Å². The molecule has 1 aliphatic heterocycles. The number of ether oxygens (including phenoxy) is 1. The highest BCUT2D eigenvalue weighted by molar-refractivity contribution is 5.96. The smallest absolute Gasteiger partial charge is 0.228 e. The van der Waals surface area contributed by atoms with Gasteiger partial charge in [-0.05, 0) is 49.9 Å². The Bertz CT molecular complexity index is 617. The molecule has 150 valence electrons. The van der Waals surface area contributed by atoms with Crippen LogP contribution in [0.15, 0.2) is 24.3 Å². The lowest BCUT2D eigenvalue weighted by Gasteiger charge is -2.32. The highest BCUT2D eigenvalue weighted by Crippen LogP contribution is 2.33. The van der Waals surface area contributed by atoms with Crippen LogP contribution in [-0.4, -0.2) is 43.0 Å². The summed E-state index contributed by atoms with van der Waals surface area (Å²) < 4.78 is 5.45. The fraction of sp³-hybridized carbons (Fsp3) is 0.600. The molecule has 3 rings (SSSR count). The molecule has 3 N–H and O–H groups in total. The molecule has 1 aromatic carbocycles. The number of halogens is 1. The summed E-state index contributed by atoms with van der Waals surface area (Å²) in [6.45, 7) is 2.61. The molecule has 2 fully saturated rings. The number of hydrogen-bond acceptors (Lipinski definition) is 4. The molecule has 7 heteroatoms. The molecule has 2 aliphatic rings. The average Bonchev–Trinajstić information content (AvgIpc) is 3.21. The van der Waals surface area contributed by atoms with Gasteiger partial charge in [0, 0.05) is 37.2 Å². The first-order valence-electron chi connectivity index (χ1n) is 9.71. The molecule has 0 bridgehead atoms. The predicted octanol–water partition coefficient (Wildman–Crippen LogP) is 2.81. The third kappa shape index (κ3) is 5.59. The van der Waals surface area contributed by atoms with Crippen LogP contribution in [0.3, 0.4) is 0 Å². The van der Waals surface area contributed by atoms with E-state index in [0.717, 1.165) is 63.1 Å². The summed E-state index contributed by atoms with van der Waals surface area (Å²) >= 11 is 0. The van der Waals surface area contributed by atoms with Gasteiger partial charge in [-0.2, -0.15) is 0 Å². The molecule has 0 radical (unpaired) electrons. The van der Waals surface area contributed by atoms with Crippen molar-refractivity contribution in [2.45, 2.75) is 38.5 Å². The molecule has 1 saturated carbocycles. The number of nitrogens with two attached hydrogens (primary N) is 1. The summed E-state index contributed by atoms with van der Waals surface area (Å²) in [4.78, 5) is 27.6. The predicted molar refractivity (Wildman–Crippen MR) is 108 cm³/mol. The third-order valence-corrected chi connectivity index (χ3v) is 5.35. The van der Waals surface area contributed by atoms with Gasteiger partial charge in [-0.3, -0.25) is 9.59 Å². The van der Waals surface area contributed by atoms with E-state index in [-0.39, 0.29) is 36.1 Å². The molecule has 6 nitrogen and oxygen atoms in total. The molecular formula is C20H30ClN3O3. The lowest BCUT2D eigenvalue weighted by atomic mass is 9.77. The first kappa shape index (κ1) is 21.5. The number of nitrogens with one attached hydrogen (secondary N) is 1. The molecule has 1 aliphatic carbocycles. The topological polar surface area (TPSA) is 84.7 Å². The molecule has 1 aromatic rings. The van der Waals surface area contributed by atoms with Gasteiger partial charge in [-0.15, -0.1) is 12.4 Å². The minimum Gasteiger partial charge on any atom is -0.492 e. The van der Waals surface area contributed by atoms with E-state index in [2.05, 4.69) is 5.32 Å². The lowest BCUT2D eigenvalue weighted by Crippen LogP contribution is -2.42. The first-order chi connectivity index (χ1) is 12.7. The van der Waals surface area contributed by atoms with Gasteiger partial charge in [0.1, 0.15) is 12.4 Å². The second-order valence-electron chi connectivity index (χ2n) is 7.18. The van der Waals surface area contributed by atoms with Crippen molar-refractivity contribution in [1.29, 1.82) is 0 Å². The minimum absolute atomic E-state index is 0. The van der Waals surface area contributed by atoms with Crippen molar-refractivity contribution < 1.29 is 14.3 Å². The van der Waals surface area contributed by atoms with E-state index in [1.807, 2.05) is 29.2 Å². The van der Waals surface area contributed by atoms with Gasteiger partial charge in [0.25, 0.3) is 0 Å². The van der Waals surface area contributed by atoms with E-state index in [1.54, 1.807) is 0 Å². The largest absolute Gasteiger partial charge is 0.492 e. The van der Waals surface area contributed by atoms with Gasteiger partial charge in [-0.25, -0.2) is 0 Å². The summed E-state index contributed by atoms with van der Waals surface area (Å²) in [6.07, 6.45) is 5.80. The normalized spacial score (nSPS) is 22.0. The Balaban J connectivity index is 0.00000261. The molecule has 1 heterocycles. The number of nitrogens with zero attached hydrogens (tertiary/aromatic N) is 1. The third-order valence-electron chi connectivity index (χ3n) is 5.35. The van der Waals surface area contributed by atoms with Crippen molar-refractivity contribution in [2.75, 3.05) is 31.6 Å². The lowest BCUT2D eigenvalue weighted by molar-refractivity contribution is -0.141. The Morgan fingerprint density at radius 3 is 2.30 bits per heavy atom. The molecule has 2 amide bonds. The zero-order valence-corrected chi connectivity index (χ0v) is 16.5. The maximum atomic E-state index is 12.8. The van der Waals surface area contributed by atoms with Crippen LogP contribution in [0.2, 0.25) is 0 Å². The second-order valence-corrected chi connectivity index (χ2v) is 7.18. The number of hydrogen-bond donors (Lipinski definition) is 2. The fourth-order valence-corrected chi connectivity index (χ4v) is 3.96. The summed E-state index contributed by atoms with van der Waals surface area (Å²) in [5, 5.41) is 2.98. The number of benzene rings is 1. The zero-order valence-electron chi connectivity index (χ0n) is 15.7. The number of amides is 2. The molecule has 0 aromatic heterocycles. The molecule has 1 saturated heterocycles. The van der Waals surface area contributed by atoms with Crippen LogP contribution in [-0.2, 0) is 9.59 Å². The van der Waals surface area contributed by atoms with Gasteiger partial charge in [0.05, 0.1) is 0 Å². The fourth-order valence-electron chi connectivity index (χ4n) is 3.96. The molecule has 0 spiro atoms. The van der Waals surface area contributed by atoms with Crippen LogP contribution in [0.4, 0.5) is 5.69 Å². The summed E-state index contributed by atoms with van der Waals surface area (Å²) in [5.41, 5.74) is 6.15. The van der Waals surface area contributed by atoms with Crippen LogP contribution in [0.25, 0.3) is 0 Å². The Labute approximate surface area is 167 Å². The van der Waals surface area contributed by atoms with E-state index >= 15 is 0 Å². The van der Waals surface area contributed by atoms with Gasteiger partial charge >= 0.3 is 0 Å². The Morgan fingerprint density at radius 2 is 1.67 bits per heavy atom. The second kappa shape index (κ2) is 10.5. The van der Waals surface area contributed by atoms with E-state index < -0.39 is 0 Å². The van der Waals surface area contributed by atoms with Crippen LogP contribution < -0.4 is 15.8 Å². The summed E-state index contributed by atoms with van der Waals surface area (Å²) in [6, 6.07) is 7.28. The Hall–Kier alpha value is -1.79. The van der Waals surface area contributed by atoms with Crippen LogP contribution in [0.1, 0.15) is 38.5 Å². The van der Waals surface area contributed by atoms with Crippen molar-refractivity contribution in [2.24, 2.45) is 17.6 Å². The van der Waals surface area contributed by atoms with E-state index in [1.165, 1.54) is 0 Å². The number of anilines is 1. The Kier molecular flexibility index (Phi) is 8.38. The van der Waals surface area contributed by atoms with E-state index in [0.29, 0.717) is 13.2 Å². The van der Waals surface area contributed by atoms with E-state index in [9.17, 15) is 9.59 Å². The van der Waals surface area contributed by atoms with Crippen molar-refractivity contribution in [3.8, 4) is 5.75 Å². The number of rotatable bonds is 6. The monoisotopic (exact) mass is 395 g/mol. The first-order valence-corrected chi connectivity index (χ1v) is 9.71. The maximum absolute atomic E-state index is 12.8. The van der Waals surface area contributed by atoms with Crippen LogP contribution in [0, 0.1) is 11.8 Å². The highest BCUT2D eigenvalue weighted by Gasteiger charge is 2.38. The van der Waals surface area contributed by atoms with Crippen molar-refractivity contribution in [3.63, 3.8) is 0 Å². The molecular weight excluding hydrogens is 366 g/mol.